The Hall–Kier alpha value is -2.81. The molecule has 0 bridgehead atoms. The van der Waals surface area contributed by atoms with E-state index in [-0.39, 0.29) is 11.4 Å². The summed E-state index contributed by atoms with van der Waals surface area (Å²) in [7, 11) is 0. The quantitative estimate of drug-likeness (QED) is 0.638. The first-order valence-electron chi connectivity index (χ1n) is 10.8. The van der Waals surface area contributed by atoms with Crippen LogP contribution in [-0.4, -0.2) is 50.0 Å². The molecule has 5 rings (SSSR count). The van der Waals surface area contributed by atoms with Crippen molar-refractivity contribution in [3.63, 3.8) is 0 Å². The fraction of sp³-hybridized carbons (Fsp3) is 0.455. The standard InChI is InChI=1S/C22H26N6O2S/c1-14(29)27-8-4-15(5-9-27)6-10-28-13-24-20(23)19-21(28)26-22(25-19)31-17-2-3-18-16(12-17)7-11-30-18/h2-3,12-13,15,23H,4-11H2,1H3,(H,25,26). The van der Waals surface area contributed by atoms with Crippen molar-refractivity contribution in [2.45, 2.75) is 49.2 Å². The lowest BCUT2D eigenvalue weighted by Gasteiger charge is -2.31. The number of fused-ring (bicyclic) bond motifs is 2. The van der Waals surface area contributed by atoms with Gasteiger partial charge in [0, 0.05) is 37.9 Å². The van der Waals surface area contributed by atoms with Gasteiger partial charge in [-0.3, -0.25) is 10.2 Å². The summed E-state index contributed by atoms with van der Waals surface area (Å²) in [5.41, 5.74) is 2.88. The van der Waals surface area contributed by atoms with Gasteiger partial charge >= 0.3 is 0 Å². The molecule has 0 saturated carbocycles. The number of likely N-dealkylation sites (tertiary alicyclic amines) is 1. The van der Waals surface area contributed by atoms with Gasteiger partial charge in [-0.25, -0.2) is 9.97 Å². The van der Waals surface area contributed by atoms with Gasteiger partial charge in [-0.2, -0.15) is 0 Å². The molecule has 1 amide bonds. The molecule has 0 spiro atoms. The van der Waals surface area contributed by atoms with E-state index in [1.54, 1.807) is 25.0 Å². The second-order valence-corrected chi connectivity index (χ2v) is 9.30. The van der Waals surface area contributed by atoms with Crippen molar-refractivity contribution in [3.8, 4) is 5.75 Å². The molecule has 8 nitrogen and oxygen atoms in total. The number of piperidine rings is 1. The Morgan fingerprint density at radius 3 is 3.00 bits per heavy atom. The number of benzene rings is 1. The molecule has 9 heteroatoms. The highest BCUT2D eigenvalue weighted by Crippen LogP contribution is 2.33. The monoisotopic (exact) mass is 438 g/mol. The maximum Gasteiger partial charge on any atom is 0.219 e. The van der Waals surface area contributed by atoms with E-state index in [9.17, 15) is 4.79 Å². The molecule has 0 radical (unpaired) electrons. The number of aromatic amines is 1. The van der Waals surface area contributed by atoms with Crippen LogP contribution in [0.5, 0.6) is 5.75 Å². The number of aryl methyl sites for hydroxylation is 1. The van der Waals surface area contributed by atoms with Gasteiger partial charge in [0.15, 0.2) is 16.3 Å². The summed E-state index contributed by atoms with van der Waals surface area (Å²) in [6.45, 7) is 4.89. The zero-order chi connectivity index (χ0) is 21.4. The van der Waals surface area contributed by atoms with Crippen molar-refractivity contribution in [3.05, 3.63) is 35.6 Å². The molecule has 0 aliphatic carbocycles. The lowest BCUT2D eigenvalue weighted by atomic mass is 9.93. The Morgan fingerprint density at radius 1 is 1.35 bits per heavy atom. The van der Waals surface area contributed by atoms with Crippen molar-refractivity contribution < 1.29 is 9.53 Å². The summed E-state index contributed by atoms with van der Waals surface area (Å²) in [6, 6.07) is 6.22. The SMILES string of the molecule is CC(=O)N1CCC(CCn2cnc(=N)c3[nH]c(Sc4ccc5c(c4)CCO5)nc32)CC1. The highest BCUT2D eigenvalue weighted by molar-refractivity contribution is 7.99. The van der Waals surface area contributed by atoms with Crippen LogP contribution < -0.4 is 10.2 Å². The third-order valence-electron chi connectivity index (χ3n) is 6.21. The summed E-state index contributed by atoms with van der Waals surface area (Å²) in [6.07, 6.45) is 5.76. The number of nitrogens with one attached hydrogen (secondary N) is 2. The predicted octanol–water partition coefficient (Wildman–Crippen LogP) is 2.97. The Labute approximate surface area is 184 Å². The van der Waals surface area contributed by atoms with Gasteiger partial charge in [-0.05, 0) is 48.9 Å². The minimum Gasteiger partial charge on any atom is -0.493 e. The van der Waals surface area contributed by atoms with E-state index in [0.29, 0.717) is 11.4 Å². The molecular weight excluding hydrogens is 412 g/mol. The second-order valence-electron chi connectivity index (χ2n) is 8.24. The molecule has 1 saturated heterocycles. The molecule has 0 unspecified atom stereocenters. The number of hydrogen-bond donors (Lipinski definition) is 2. The Kier molecular flexibility index (Phi) is 5.43. The van der Waals surface area contributed by atoms with Crippen molar-refractivity contribution in [1.29, 1.82) is 5.41 Å². The van der Waals surface area contributed by atoms with E-state index >= 15 is 0 Å². The summed E-state index contributed by atoms with van der Waals surface area (Å²) in [5, 5.41) is 8.95. The van der Waals surface area contributed by atoms with E-state index in [2.05, 4.69) is 16.0 Å². The van der Waals surface area contributed by atoms with Crippen LogP contribution in [-0.2, 0) is 17.8 Å². The number of H-pyrrole nitrogens is 1. The largest absolute Gasteiger partial charge is 0.493 e. The number of carbonyl (C=O) groups is 1. The molecule has 2 aromatic heterocycles. The van der Waals surface area contributed by atoms with Gasteiger partial charge in [0.25, 0.3) is 0 Å². The molecule has 31 heavy (non-hydrogen) atoms. The van der Waals surface area contributed by atoms with Crippen LogP contribution in [0.25, 0.3) is 11.2 Å². The number of hydrogen-bond acceptors (Lipinski definition) is 6. The lowest BCUT2D eigenvalue weighted by molar-refractivity contribution is -0.130. The van der Waals surface area contributed by atoms with Gasteiger partial charge in [0.05, 0.1) is 12.9 Å². The van der Waals surface area contributed by atoms with E-state index < -0.39 is 0 Å². The lowest BCUT2D eigenvalue weighted by Crippen LogP contribution is -2.37. The highest BCUT2D eigenvalue weighted by Gasteiger charge is 2.21. The van der Waals surface area contributed by atoms with Crippen LogP contribution in [0.15, 0.2) is 34.6 Å². The molecular formula is C22H26N6O2S. The molecule has 2 aliphatic heterocycles. The Bertz CT molecular complexity index is 1180. The highest BCUT2D eigenvalue weighted by atomic mass is 32.2. The number of imidazole rings is 1. The smallest absolute Gasteiger partial charge is 0.219 e. The van der Waals surface area contributed by atoms with Crippen molar-refractivity contribution in [2.24, 2.45) is 5.92 Å². The van der Waals surface area contributed by atoms with E-state index in [1.807, 2.05) is 21.6 Å². The number of rotatable bonds is 5. The Balaban J connectivity index is 1.31. The van der Waals surface area contributed by atoms with E-state index in [0.717, 1.165) is 73.4 Å². The van der Waals surface area contributed by atoms with Gasteiger partial charge < -0.3 is 19.2 Å². The zero-order valence-corrected chi connectivity index (χ0v) is 18.4. The second kappa shape index (κ2) is 8.37. The van der Waals surface area contributed by atoms with Crippen LogP contribution >= 0.6 is 11.8 Å². The molecule has 1 aromatic carbocycles. The first kappa shape index (κ1) is 20.1. The van der Waals surface area contributed by atoms with Gasteiger partial charge in [-0.1, -0.05) is 11.8 Å². The molecule has 3 aromatic rings. The Morgan fingerprint density at radius 2 is 2.19 bits per heavy atom. The summed E-state index contributed by atoms with van der Waals surface area (Å²) >= 11 is 1.56. The van der Waals surface area contributed by atoms with Gasteiger partial charge in [0.1, 0.15) is 11.3 Å². The van der Waals surface area contributed by atoms with Gasteiger partial charge in [-0.15, -0.1) is 0 Å². The minimum absolute atomic E-state index is 0.169. The number of nitrogens with zero attached hydrogens (tertiary/aromatic N) is 4. The molecule has 0 atom stereocenters. The van der Waals surface area contributed by atoms with Crippen LogP contribution in [0.4, 0.5) is 0 Å². The average molecular weight is 439 g/mol. The van der Waals surface area contributed by atoms with Crippen molar-refractivity contribution >= 4 is 28.8 Å². The maximum absolute atomic E-state index is 11.5. The first-order valence-corrected chi connectivity index (χ1v) is 11.6. The van der Waals surface area contributed by atoms with Crippen LogP contribution in [0.3, 0.4) is 0 Å². The van der Waals surface area contributed by atoms with Crippen molar-refractivity contribution in [2.75, 3.05) is 19.7 Å². The summed E-state index contributed by atoms with van der Waals surface area (Å²) in [5.74, 6) is 1.73. The van der Waals surface area contributed by atoms with Crippen LogP contribution in [0.2, 0.25) is 0 Å². The van der Waals surface area contributed by atoms with E-state index in [1.165, 1.54) is 5.56 Å². The van der Waals surface area contributed by atoms with Gasteiger partial charge in [0.2, 0.25) is 5.91 Å². The third kappa shape index (κ3) is 4.19. The van der Waals surface area contributed by atoms with Crippen LogP contribution in [0.1, 0.15) is 31.7 Å². The first-order chi connectivity index (χ1) is 15.1. The molecule has 1 fully saturated rings. The van der Waals surface area contributed by atoms with Crippen molar-refractivity contribution in [1.82, 2.24) is 24.4 Å². The fourth-order valence-electron chi connectivity index (χ4n) is 4.37. The minimum atomic E-state index is 0.169. The molecule has 2 N–H and O–H groups in total. The van der Waals surface area contributed by atoms with E-state index in [4.69, 9.17) is 15.1 Å². The number of aromatic nitrogens is 4. The number of amides is 1. The normalized spacial score (nSPS) is 16.5. The fourth-order valence-corrected chi connectivity index (χ4v) is 5.22. The molecule has 162 valence electrons. The molecule has 2 aliphatic rings. The average Bonchev–Trinajstić information content (AvgIpc) is 3.41. The summed E-state index contributed by atoms with van der Waals surface area (Å²) < 4.78 is 7.63. The third-order valence-corrected chi connectivity index (χ3v) is 7.09. The topological polar surface area (TPSA) is 99.9 Å². The maximum atomic E-state index is 11.5. The molecule has 4 heterocycles. The zero-order valence-electron chi connectivity index (χ0n) is 17.6. The predicted molar refractivity (Wildman–Crippen MR) is 117 cm³/mol. The number of ether oxygens (including phenoxy) is 1. The number of carbonyl (C=O) groups excluding carboxylic acids is 1. The summed E-state index contributed by atoms with van der Waals surface area (Å²) in [4.78, 5) is 26.9. The van der Waals surface area contributed by atoms with Crippen LogP contribution in [0, 0.1) is 11.3 Å².